The van der Waals surface area contributed by atoms with Crippen molar-refractivity contribution in [2.24, 2.45) is 5.92 Å². The minimum absolute atomic E-state index is 0.0186. The van der Waals surface area contributed by atoms with Crippen LogP contribution in [0.5, 0.6) is 0 Å². The molecular weight excluding hydrogens is 284 g/mol. The normalized spacial score (nSPS) is 19.8. The molecule has 1 aliphatic rings. The number of nitro groups is 1. The highest BCUT2D eigenvalue weighted by Crippen LogP contribution is 2.26. The summed E-state index contributed by atoms with van der Waals surface area (Å²) in [6.07, 6.45) is 1.45. The van der Waals surface area contributed by atoms with Crippen LogP contribution in [0.15, 0.2) is 18.2 Å². The number of halogens is 1. The van der Waals surface area contributed by atoms with Gasteiger partial charge in [0.1, 0.15) is 0 Å². The van der Waals surface area contributed by atoms with Gasteiger partial charge >= 0.3 is 5.97 Å². The summed E-state index contributed by atoms with van der Waals surface area (Å²) in [6, 6.07) is 4.57. The molecular formula is C13H15ClN2O4. The van der Waals surface area contributed by atoms with Crippen molar-refractivity contribution in [3.8, 4) is 0 Å². The lowest BCUT2D eigenvalue weighted by Gasteiger charge is -2.30. The first-order valence-electron chi connectivity index (χ1n) is 6.35. The Labute approximate surface area is 121 Å². The Morgan fingerprint density at radius 2 is 2.30 bits per heavy atom. The molecule has 1 heterocycles. The summed E-state index contributed by atoms with van der Waals surface area (Å²) >= 11 is 5.77. The number of carboxylic acid groups (broad SMARTS) is 1. The highest BCUT2D eigenvalue weighted by atomic mass is 35.5. The largest absolute Gasteiger partial charge is 0.481 e. The Balaban J connectivity index is 2.13. The van der Waals surface area contributed by atoms with E-state index in [1.807, 2.05) is 4.90 Å². The van der Waals surface area contributed by atoms with Gasteiger partial charge in [0.25, 0.3) is 5.69 Å². The van der Waals surface area contributed by atoms with Crippen LogP contribution in [0.4, 0.5) is 5.69 Å². The van der Waals surface area contributed by atoms with Crippen LogP contribution in [0.25, 0.3) is 0 Å². The summed E-state index contributed by atoms with van der Waals surface area (Å²) in [5.74, 6) is -1.20. The molecule has 7 heteroatoms. The predicted molar refractivity (Wildman–Crippen MR) is 73.7 cm³/mol. The van der Waals surface area contributed by atoms with Gasteiger partial charge in [-0.1, -0.05) is 11.6 Å². The fourth-order valence-electron chi connectivity index (χ4n) is 2.48. The summed E-state index contributed by atoms with van der Waals surface area (Å²) in [5, 5.41) is 20.4. The summed E-state index contributed by atoms with van der Waals surface area (Å²) < 4.78 is 0. The molecule has 1 atom stereocenters. The van der Waals surface area contributed by atoms with Gasteiger partial charge in [-0.05, 0) is 31.5 Å². The van der Waals surface area contributed by atoms with Crippen LogP contribution in [-0.2, 0) is 11.3 Å². The number of hydrogen-bond donors (Lipinski definition) is 1. The Bertz CT molecular complexity index is 535. The fourth-order valence-corrected chi connectivity index (χ4v) is 2.65. The van der Waals surface area contributed by atoms with Gasteiger partial charge in [0.2, 0.25) is 0 Å². The van der Waals surface area contributed by atoms with Crippen LogP contribution >= 0.6 is 11.6 Å². The number of nitrogens with zero attached hydrogens (tertiary/aromatic N) is 2. The average Bonchev–Trinajstić information content (AvgIpc) is 2.41. The zero-order chi connectivity index (χ0) is 14.7. The third-order valence-electron chi connectivity index (χ3n) is 3.49. The number of nitro benzene ring substituents is 1. The van der Waals surface area contributed by atoms with E-state index >= 15 is 0 Å². The number of rotatable bonds is 4. The molecule has 0 spiro atoms. The van der Waals surface area contributed by atoms with Gasteiger partial charge in [-0.25, -0.2) is 0 Å². The van der Waals surface area contributed by atoms with Gasteiger partial charge < -0.3 is 5.11 Å². The van der Waals surface area contributed by atoms with Crippen molar-refractivity contribution < 1.29 is 14.8 Å². The second-order valence-electron chi connectivity index (χ2n) is 4.94. The molecule has 0 bridgehead atoms. The molecule has 20 heavy (non-hydrogen) atoms. The van der Waals surface area contributed by atoms with Crippen LogP contribution in [0.3, 0.4) is 0 Å². The summed E-state index contributed by atoms with van der Waals surface area (Å²) in [4.78, 5) is 23.5. The number of benzene rings is 1. The molecule has 2 rings (SSSR count). The van der Waals surface area contributed by atoms with E-state index < -0.39 is 16.8 Å². The molecule has 0 aromatic heterocycles. The van der Waals surface area contributed by atoms with Crippen molar-refractivity contribution in [1.82, 2.24) is 4.90 Å². The molecule has 108 valence electrons. The number of piperidine rings is 1. The van der Waals surface area contributed by atoms with Crippen molar-refractivity contribution in [3.05, 3.63) is 38.9 Å². The number of aliphatic carboxylic acids is 1. The smallest absolute Gasteiger partial charge is 0.307 e. The minimum Gasteiger partial charge on any atom is -0.481 e. The Morgan fingerprint density at radius 1 is 1.55 bits per heavy atom. The minimum atomic E-state index is -0.805. The van der Waals surface area contributed by atoms with Gasteiger partial charge in [-0.2, -0.15) is 0 Å². The highest BCUT2D eigenvalue weighted by Gasteiger charge is 2.26. The van der Waals surface area contributed by atoms with Crippen molar-refractivity contribution in [2.45, 2.75) is 19.4 Å². The van der Waals surface area contributed by atoms with Crippen molar-refractivity contribution >= 4 is 23.3 Å². The SMILES string of the molecule is O=C(O)C1CCCN(Cc2ccc(Cl)cc2[N+](=O)[O-])C1. The standard InChI is InChI=1S/C13H15ClN2O4/c14-11-4-3-9(12(6-11)16(19)20)7-15-5-1-2-10(8-15)13(17)18/h3-4,6,10H,1-2,5,7-8H2,(H,17,18). The Hall–Kier alpha value is -1.66. The number of hydrogen-bond acceptors (Lipinski definition) is 4. The maximum absolute atomic E-state index is 11.0. The van der Waals surface area contributed by atoms with Crippen LogP contribution in [0.1, 0.15) is 18.4 Å². The Morgan fingerprint density at radius 3 is 2.95 bits per heavy atom. The van der Waals surface area contributed by atoms with Gasteiger partial charge in [0.15, 0.2) is 0 Å². The molecule has 0 saturated carbocycles. The molecule has 6 nitrogen and oxygen atoms in total. The first-order chi connectivity index (χ1) is 9.47. The molecule has 0 amide bonds. The first-order valence-corrected chi connectivity index (χ1v) is 6.73. The zero-order valence-electron chi connectivity index (χ0n) is 10.8. The summed E-state index contributed by atoms with van der Waals surface area (Å²) in [6.45, 7) is 1.55. The zero-order valence-corrected chi connectivity index (χ0v) is 11.5. The van der Waals surface area contributed by atoms with E-state index in [9.17, 15) is 14.9 Å². The third-order valence-corrected chi connectivity index (χ3v) is 3.73. The third kappa shape index (κ3) is 3.46. The second-order valence-corrected chi connectivity index (χ2v) is 5.38. The van der Waals surface area contributed by atoms with E-state index in [-0.39, 0.29) is 5.69 Å². The second kappa shape index (κ2) is 6.19. The van der Waals surface area contributed by atoms with Gasteiger partial charge in [-0.15, -0.1) is 0 Å². The molecule has 0 radical (unpaired) electrons. The maximum atomic E-state index is 11.0. The molecule has 1 aromatic rings. The van der Waals surface area contributed by atoms with Crippen LogP contribution in [0.2, 0.25) is 5.02 Å². The topological polar surface area (TPSA) is 83.7 Å². The van der Waals surface area contributed by atoms with Crippen LogP contribution in [0, 0.1) is 16.0 Å². The monoisotopic (exact) mass is 298 g/mol. The molecule has 1 saturated heterocycles. The maximum Gasteiger partial charge on any atom is 0.307 e. The lowest BCUT2D eigenvalue weighted by Crippen LogP contribution is -2.38. The van der Waals surface area contributed by atoms with Gasteiger partial charge in [0.05, 0.1) is 10.8 Å². The van der Waals surface area contributed by atoms with E-state index in [1.54, 1.807) is 12.1 Å². The predicted octanol–water partition coefficient (Wildman–Crippen LogP) is 2.54. The van der Waals surface area contributed by atoms with Crippen LogP contribution in [-0.4, -0.2) is 34.0 Å². The van der Waals surface area contributed by atoms with Crippen molar-refractivity contribution in [2.75, 3.05) is 13.1 Å². The van der Waals surface area contributed by atoms with Gasteiger partial charge in [-0.3, -0.25) is 19.8 Å². The van der Waals surface area contributed by atoms with E-state index in [0.717, 1.165) is 13.0 Å². The first kappa shape index (κ1) is 14.7. The number of carbonyl (C=O) groups is 1. The van der Waals surface area contributed by atoms with E-state index in [1.165, 1.54) is 6.07 Å². The van der Waals surface area contributed by atoms with Gasteiger partial charge in [0, 0.05) is 29.7 Å². The summed E-state index contributed by atoms with van der Waals surface area (Å²) in [7, 11) is 0. The fraction of sp³-hybridized carbons (Fsp3) is 0.462. The van der Waals surface area contributed by atoms with Crippen LogP contribution < -0.4 is 0 Å². The molecule has 1 aromatic carbocycles. The van der Waals surface area contributed by atoms with Crippen molar-refractivity contribution in [3.63, 3.8) is 0 Å². The lowest BCUT2D eigenvalue weighted by molar-refractivity contribution is -0.385. The summed E-state index contributed by atoms with van der Waals surface area (Å²) in [5.41, 5.74) is 0.542. The Kier molecular flexibility index (Phi) is 4.57. The molecule has 1 unspecified atom stereocenters. The van der Waals surface area contributed by atoms with E-state index in [2.05, 4.69) is 0 Å². The molecule has 1 N–H and O–H groups in total. The molecule has 1 fully saturated rings. The van der Waals surface area contributed by atoms with E-state index in [4.69, 9.17) is 16.7 Å². The van der Waals surface area contributed by atoms with E-state index in [0.29, 0.717) is 30.1 Å². The lowest BCUT2D eigenvalue weighted by atomic mass is 9.98. The number of likely N-dealkylation sites (tertiary alicyclic amines) is 1. The van der Waals surface area contributed by atoms with Crippen molar-refractivity contribution in [1.29, 1.82) is 0 Å². The molecule has 0 aliphatic carbocycles. The average molecular weight is 299 g/mol. The molecule has 1 aliphatic heterocycles. The highest BCUT2D eigenvalue weighted by molar-refractivity contribution is 6.30. The quantitative estimate of drug-likeness (QED) is 0.682. The number of carboxylic acids is 1.